The van der Waals surface area contributed by atoms with Gasteiger partial charge >= 0.3 is 24.3 Å². The van der Waals surface area contributed by atoms with Crippen molar-refractivity contribution in [1.29, 1.82) is 0 Å². The van der Waals surface area contributed by atoms with E-state index < -0.39 is 41.0 Å². The predicted molar refractivity (Wildman–Crippen MR) is 234 cm³/mol. The van der Waals surface area contributed by atoms with Gasteiger partial charge in [0.15, 0.2) is 0 Å². The summed E-state index contributed by atoms with van der Waals surface area (Å²) in [5.41, 5.74) is 5.60. The molecule has 4 aliphatic carbocycles. The molecule has 66 heavy (non-hydrogen) atoms. The molecule has 0 bridgehead atoms. The van der Waals surface area contributed by atoms with Crippen LogP contribution in [0.15, 0.2) is 109 Å². The number of carboxylic acids is 2. The number of hydrogen-bond donors (Lipinski definition) is 4. The Morgan fingerprint density at radius 3 is 1.77 bits per heavy atom. The van der Waals surface area contributed by atoms with Gasteiger partial charge in [-0.3, -0.25) is 9.59 Å². The third kappa shape index (κ3) is 6.43. The van der Waals surface area contributed by atoms with Crippen LogP contribution in [0.4, 0.5) is 26.3 Å². The molecule has 2 saturated carbocycles. The summed E-state index contributed by atoms with van der Waals surface area (Å²) >= 11 is 0. The zero-order chi connectivity index (χ0) is 45.6. The number of aromatic nitrogens is 4. The second-order valence-corrected chi connectivity index (χ2v) is 18.2. The standard InChI is InChI=1S/C52H36F6N4O4/c53-51(54,55)31-21-36(45-39(22-31)60-48(61-45)26-10-4-23(5-11-26)27-12-14-32-29(18-27)2-1-3-34-40(32)43(34)49(63)64)42-37(52(56,57)58)16-17-38-46(42)62-47(59-38)25-8-6-24(7-9-25)28-13-15-33-30(19-28)20-35-41(33)44(35)50(65)66/h4-19,21-22,34-35,40-41,43-44H,1-3,20H2,(H,59,62)(H,60,61)(H,63,64)(H,65,66)/t34?,35?,40-,41?,43-,44?/m0/s1. The van der Waals surface area contributed by atoms with E-state index in [0.29, 0.717) is 23.6 Å². The molecule has 0 amide bonds. The van der Waals surface area contributed by atoms with Gasteiger partial charge in [0, 0.05) is 34.1 Å². The average molecular weight is 895 g/mol. The van der Waals surface area contributed by atoms with Crippen LogP contribution in [0.25, 0.3) is 78.2 Å². The number of fused-ring (bicyclic) bond motifs is 8. The molecule has 4 aliphatic rings. The van der Waals surface area contributed by atoms with Crippen molar-refractivity contribution in [1.82, 2.24) is 19.9 Å². The molecule has 8 aromatic rings. The normalized spacial score (nSPS) is 21.8. The monoisotopic (exact) mass is 894 g/mol. The summed E-state index contributed by atoms with van der Waals surface area (Å²) in [4.78, 5) is 38.6. The van der Waals surface area contributed by atoms with Crippen LogP contribution in [0.5, 0.6) is 0 Å². The molecule has 0 radical (unpaired) electrons. The number of carbonyl (C=O) groups is 2. The van der Waals surface area contributed by atoms with E-state index in [2.05, 4.69) is 32.1 Å². The first-order chi connectivity index (χ1) is 31.6. The van der Waals surface area contributed by atoms with Crippen LogP contribution in [-0.4, -0.2) is 42.1 Å². The van der Waals surface area contributed by atoms with Gasteiger partial charge in [-0.05, 0) is 106 Å². The Kier molecular flexibility index (Phi) is 8.63. The Balaban J connectivity index is 0.900. The fourth-order valence-electron chi connectivity index (χ4n) is 11.3. The first kappa shape index (κ1) is 40.3. The minimum Gasteiger partial charge on any atom is -0.481 e. The second-order valence-electron chi connectivity index (χ2n) is 18.2. The van der Waals surface area contributed by atoms with E-state index in [9.17, 15) is 46.1 Å². The molecule has 8 nitrogen and oxygen atoms in total. The summed E-state index contributed by atoms with van der Waals surface area (Å²) < 4.78 is 88.7. The molecule has 2 heterocycles. The lowest BCUT2D eigenvalue weighted by atomic mass is 9.94. The number of aromatic amines is 2. The van der Waals surface area contributed by atoms with Gasteiger partial charge in [0.25, 0.3) is 0 Å². The third-order valence-corrected chi connectivity index (χ3v) is 14.5. The van der Waals surface area contributed by atoms with E-state index in [4.69, 9.17) is 0 Å². The smallest absolute Gasteiger partial charge is 0.417 e. The van der Waals surface area contributed by atoms with E-state index >= 15 is 0 Å². The minimum absolute atomic E-state index is 0.0199. The van der Waals surface area contributed by atoms with Gasteiger partial charge in [-0.2, -0.15) is 26.3 Å². The van der Waals surface area contributed by atoms with Crippen LogP contribution in [0.1, 0.15) is 58.1 Å². The summed E-state index contributed by atoms with van der Waals surface area (Å²) in [5, 5.41) is 19.2. The lowest BCUT2D eigenvalue weighted by molar-refractivity contribution is -0.140. The highest BCUT2D eigenvalue weighted by Crippen LogP contribution is 2.62. The van der Waals surface area contributed by atoms with Gasteiger partial charge in [-0.15, -0.1) is 0 Å². The number of H-pyrrole nitrogens is 2. The highest BCUT2D eigenvalue weighted by Gasteiger charge is 2.59. The van der Waals surface area contributed by atoms with Crippen molar-refractivity contribution in [3.8, 4) is 56.2 Å². The first-order valence-corrected chi connectivity index (χ1v) is 21.7. The molecule has 14 heteroatoms. The van der Waals surface area contributed by atoms with E-state index in [1.807, 2.05) is 48.5 Å². The van der Waals surface area contributed by atoms with Crippen LogP contribution in [0, 0.1) is 23.7 Å². The van der Waals surface area contributed by atoms with E-state index in [-0.39, 0.29) is 74.8 Å². The largest absolute Gasteiger partial charge is 0.481 e. The quantitative estimate of drug-likeness (QED) is 0.118. The number of carboxylic acid groups (broad SMARTS) is 2. The molecule has 0 aliphatic heterocycles. The number of aryl methyl sites for hydroxylation is 1. The van der Waals surface area contributed by atoms with Crippen molar-refractivity contribution in [2.24, 2.45) is 23.7 Å². The van der Waals surface area contributed by atoms with Crippen molar-refractivity contribution in [2.75, 3.05) is 0 Å². The number of halogens is 6. The third-order valence-electron chi connectivity index (χ3n) is 14.5. The van der Waals surface area contributed by atoms with Crippen LogP contribution < -0.4 is 0 Å². The topological polar surface area (TPSA) is 132 Å². The molecular weight excluding hydrogens is 859 g/mol. The molecular formula is C52H36F6N4O4. The molecule has 2 aromatic heterocycles. The SMILES string of the molecule is O=C(O)C1C2Cc3cc(-c4ccc(-c5nc6ccc(C(F)(F)F)c(-c7cc(C(F)(F)F)cc8[nH]c(-c9ccc(-c%10ccc%11c(c%10)CCCC%10[C@H](C(=O)O)[C@@H]%11%10)cc9)nc78)c6[nH]5)cc4)ccc3C21. The fourth-order valence-corrected chi connectivity index (χ4v) is 11.3. The minimum atomic E-state index is -4.97. The lowest BCUT2D eigenvalue weighted by Gasteiger charge is -2.16. The molecule has 2 fully saturated rings. The number of imidazole rings is 2. The number of alkyl halides is 6. The zero-order valence-electron chi connectivity index (χ0n) is 34.6. The maximum Gasteiger partial charge on any atom is 0.417 e. The van der Waals surface area contributed by atoms with Gasteiger partial charge in [-0.1, -0.05) is 84.9 Å². The molecule has 4 N–H and O–H groups in total. The van der Waals surface area contributed by atoms with Crippen LogP contribution >= 0.6 is 0 Å². The second kappa shape index (κ2) is 14.1. The summed E-state index contributed by atoms with van der Waals surface area (Å²) in [5.74, 6) is -1.50. The summed E-state index contributed by atoms with van der Waals surface area (Å²) in [7, 11) is 0. The van der Waals surface area contributed by atoms with Gasteiger partial charge in [0.1, 0.15) is 11.6 Å². The Bertz CT molecular complexity index is 3350. The Labute approximate surface area is 371 Å². The zero-order valence-corrected chi connectivity index (χ0v) is 34.6. The number of nitrogens with one attached hydrogen (secondary N) is 2. The Morgan fingerprint density at radius 2 is 1.15 bits per heavy atom. The van der Waals surface area contributed by atoms with Gasteiger partial charge in [-0.25, -0.2) is 9.97 Å². The highest BCUT2D eigenvalue weighted by molar-refractivity contribution is 6.04. The average Bonchev–Trinajstić information content (AvgIpc) is 3.99. The molecule has 4 unspecified atom stereocenters. The molecule has 6 atom stereocenters. The number of hydrogen-bond acceptors (Lipinski definition) is 4. The van der Waals surface area contributed by atoms with Crippen molar-refractivity contribution in [2.45, 2.75) is 49.9 Å². The van der Waals surface area contributed by atoms with Crippen LogP contribution in [0.3, 0.4) is 0 Å². The van der Waals surface area contributed by atoms with Crippen LogP contribution in [0.2, 0.25) is 0 Å². The Morgan fingerprint density at radius 1 is 0.591 bits per heavy atom. The van der Waals surface area contributed by atoms with Crippen molar-refractivity contribution in [3.05, 3.63) is 143 Å². The maximum atomic E-state index is 15.0. The van der Waals surface area contributed by atoms with E-state index in [0.717, 1.165) is 75.9 Å². The van der Waals surface area contributed by atoms with Gasteiger partial charge in [0.05, 0.1) is 45.0 Å². The van der Waals surface area contributed by atoms with E-state index in [1.54, 1.807) is 24.3 Å². The molecule has 6 aromatic carbocycles. The number of aliphatic carboxylic acids is 2. The molecule has 12 rings (SSSR count). The Hall–Kier alpha value is -7.22. The fraction of sp³-hybridized carbons (Fsp3) is 0.231. The highest BCUT2D eigenvalue weighted by atomic mass is 19.4. The van der Waals surface area contributed by atoms with Crippen molar-refractivity contribution >= 4 is 34.0 Å². The number of nitrogens with zero attached hydrogens (tertiary/aromatic N) is 2. The first-order valence-electron chi connectivity index (χ1n) is 21.7. The molecule has 330 valence electrons. The molecule has 0 saturated heterocycles. The van der Waals surface area contributed by atoms with Crippen LogP contribution in [-0.2, 0) is 34.8 Å². The van der Waals surface area contributed by atoms with E-state index in [1.165, 1.54) is 6.07 Å². The predicted octanol–water partition coefficient (Wildman–Crippen LogP) is 12.5. The number of benzene rings is 6. The number of rotatable bonds is 7. The van der Waals surface area contributed by atoms with Gasteiger partial charge < -0.3 is 20.2 Å². The summed E-state index contributed by atoms with van der Waals surface area (Å²) in [6.07, 6.45) is -6.56. The summed E-state index contributed by atoms with van der Waals surface area (Å²) in [6.45, 7) is 0. The molecule has 0 spiro atoms. The summed E-state index contributed by atoms with van der Waals surface area (Å²) in [6, 6.07) is 30.1. The van der Waals surface area contributed by atoms with Crippen molar-refractivity contribution < 1.29 is 46.1 Å². The van der Waals surface area contributed by atoms with Crippen molar-refractivity contribution in [3.63, 3.8) is 0 Å². The lowest BCUT2D eigenvalue weighted by Crippen LogP contribution is -2.09. The van der Waals surface area contributed by atoms with Gasteiger partial charge in [0.2, 0.25) is 0 Å². The maximum absolute atomic E-state index is 15.0.